The van der Waals surface area contributed by atoms with Crippen molar-refractivity contribution in [3.05, 3.63) is 76.3 Å². The summed E-state index contributed by atoms with van der Waals surface area (Å²) in [6.07, 6.45) is 1.44. The molecule has 0 saturated carbocycles. The maximum Gasteiger partial charge on any atom is 0.282 e. The zero-order chi connectivity index (χ0) is 16.4. The van der Waals surface area contributed by atoms with Gasteiger partial charge < -0.3 is 0 Å². The Morgan fingerprint density at radius 3 is 2.57 bits per heavy atom. The van der Waals surface area contributed by atoms with Crippen LogP contribution in [0.1, 0.15) is 11.1 Å². The normalized spacial score (nSPS) is 12.1. The summed E-state index contributed by atoms with van der Waals surface area (Å²) in [5.74, 6) is 0. The van der Waals surface area contributed by atoms with Gasteiger partial charge in [0.2, 0.25) is 0 Å². The molecule has 0 bridgehead atoms. The van der Waals surface area contributed by atoms with E-state index in [1.807, 2.05) is 43.3 Å². The molecule has 0 aliphatic heterocycles. The summed E-state index contributed by atoms with van der Waals surface area (Å²) in [6, 6.07) is 18.4. The van der Waals surface area contributed by atoms with E-state index in [2.05, 4.69) is 20.3 Å². The average molecular weight is 388 g/mol. The molecule has 0 atom stereocenters. The van der Waals surface area contributed by atoms with Crippen LogP contribution in [0.4, 0.5) is 0 Å². The predicted octanol–water partition coefficient (Wildman–Crippen LogP) is 4.72. The third-order valence-corrected chi connectivity index (χ3v) is 5.33. The lowest BCUT2D eigenvalue weighted by Gasteiger charge is -2.06. The van der Waals surface area contributed by atoms with E-state index < -0.39 is 10.0 Å². The lowest BCUT2D eigenvalue weighted by Crippen LogP contribution is -1.99. The van der Waals surface area contributed by atoms with Crippen LogP contribution in [0.3, 0.4) is 0 Å². The molecule has 116 valence electrons. The highest BCUT2D eigenvalue weighted by molar-refractivity contribution is 9.10. The zero-order valence-electron chi connectivity index (χ0n) is 12.4. The van der Waals surface area contributed by atoms with Crippen LogP contribution in [-0.4, -0.2) is 14.6 Å². The molecule has 0 amide bonds. The number of benzene rings is 3. The fourth-order valence-corrected chi connectivity index (χ4v) is 3.83. The molecule has 3 nitrogen and oxygen atoms in total. The molecule has 5 heteroatoms. The van der Waals surface area contributed by atoms with Crippen LogP contribution in [0.15, 0.2) is 74.4 Å². The monoisotopic (exact) mass is 387 g/mol. The Morgan fingerprint density at radius 1 is 1.00 bits per heavy atom. The molecule has 23 heavy (non-hydrogen) atoms. The topological polar surface area (TPSA) is 46.5 Å². The van der Waals surface area contributed by atoms with Crippen molar-refractivity contribution in [2.24, 2.45) is 4.40 Å². The lowest BCUT2D eigenvalue weighted by molar-refractivity contribution is 0.598. The van der Waals surface area contributed by atoms with Gasteiger partial charge in [0.1, 0.15) is 0 Å². The number of halogens is 1. The molecule has 0 fully saturated rings. The minimum atomic E-state index is -3.73. The summed E-state index contributed by atoms with van der Waals surface area (Å²) in [5, 5.41) is 2.04. The number of fused-ring (bicyclic) bond motifs is 1. The minimum absolute atomic E-state index is 0.168. The Bertz CT molecular complexity index is 1010. The van der Waals surface area contributed by atoms with Gasteiger partial charge in [0.25, 0.3) is 10.0 Å². The highest BCUT2D eigenvalue weighted by Gasteiger charge is 2.12. The molecule has 3 rings (SSSR count). The van der Waals surface area contributed by atoms with E-state index in [4.69, 9.17) is 0 Å². The van der Waals surface area contributed by atoms with Gasteiger partial charge in [-0.25, -0.2) is 0 Å². The molecule has 3 aromatic carbocycles. The molecule has 0 aliphatic carbocycles. The lowest BCUT2D eigenvalue weighted by atomic mass is 10.0. The Labute approximate surface area is 143 Å². The molecule has 0 radical (unpaired) electrons. The van der Waals surface area contributed by atoms with E-state index in [0.717, 1.165) is 21.9 Å². The second-order valence-corrected chi connectivity index (χ2v) is 7.73. The van der Waals surface area contributed by atoms with Gasteiger partial charge in [-0.05, 0) is 41.5 Å². The van der Waals surface area contributed by atoms with E-state index in [1.165, 1.54) is 12.3 Å². The van der Waals surface area contributed by atoms with Crippen LogP contribution in [0, 0.1) is 6.92 Å². The SMILES string of the molecule is Cc1ccc2ccccc2c1/C=N/S(=O)(=O)c1cccc(Br)c1. The first-order chi connectivity index (χ1) is 11.0. The van der Waals surface area contributed by atoms with Crippen LogP contribution in [-0.2, 0) is 10.0 Å². The van der Waals surface area contributed by atoms with Crippen molar-refractivity contribution in [3.63, 3.8) is 0 Å². The van der Waals surface area contributed by atoms with E-state index in [9.17, 15) is 8.42 Å². The van der Waals surface area contributed by atoms with Crippen molar-refractivity contribution in [3.8, 4) is 0 Å². The fourth-order valence-electron chi connectivity index (χ4n) is 2.39. The molecule has 0 saturated heterocycles. The Kier molecular flexibility index (Phi) is 4.33. The third kappa shape index (κ3) is 3.35. The summed E-state index contributed by atoms with van der Waals surface area (Å²) >= 11 is 3.28. The summed E-state index contributed by atoms with van der Waals surface area (Å²) in [7, 11) is -3.73. The molecule has 0 aromatic heterocycles. The Balaban J connectivity index is 2.08. The van der Waals surface area contributed by atoms with Crippen LogP contribution in [0.25, 0.3) is 10.8 Å². The summed E-state index contributed by atoms with van der Waals surface area (Å²) in [4.78, 5) is 0.168. The van der Waals surface area contributed by atoms with Crippen molar-refractivity contribution in [2.45, 2.75) is 11.8 Å². The van der Waals surface area contributed by atoms with Gasteiger partial charge in [-0.15, -0.1) is 0 Å². The molecule has 0 unspecified atom stereocenters. The van der Waals surface area contributed by atoms with Gasteiger partial charge in [-0.2, -0.15) is 12.8 Å². The van der Waals surface area contributed by atoms with E-state index in [0.29, 0.717) is 4.47 Å². The number of hydrogen-bond donors (Lipinski definition) is 0. The van der Waals surface area contributed by atoms with Crippen LogP contribution in [0.2, 0.25) is 0 Å². The number of aryl methyl sites for hydroxylation is 1. The summed E-state index contributed by atoms with van der Waals surface area (Å²) in [6.45, 7) is 1.94. The van der Waals surface area contributed by atoms with Crippen LogP contribution in [0.5, 0.6) is 0 Å². The first kappa shape index (κ1) is 15.9. The van der Waals surface area contributed by atoms with Gasteiger partial charge in [0.05, 0.1) is 4.90 Å². The molecule has 0 aliphatic rings. The van der Waals surface area contributed by atoms with Crippen LogP contribution >= 0.6 is 15.9 Å². The van der Waals surface area contributed by atoms with Crippen LogP contribution < -0.4 is 0 Å². The first-order valence-electron chi connectivity index (χ1n) is 7.02. The highest BCUT2D eigenvalue weighted by atomic mass is 79.9. The fraction of sp³-hybridized carbons (Fsp3) is 0.0556. The molecular weight excluding hydrogens is 374 g/mol. The highest BCUT2D eigenvalue weighted by Crippen LogP contribution is 2.22. The van der Waals surface area contributed by atoms with Crippen molar-refractivity contribution >= 4 is 42.9 Å². The van der Waals surface area contributed by atoms with Gasteiger partial charge >= 0.3 is 0 Å². The standard InChI is InChI=1S/C18H14BrNO2S/c1-13-9-10-14-5-2-3-8-17(14)18(13)12-20-23(21,22)16-7-4-6-15(19)11-16/h2-12H,1H3/b20-12+. The van der Waals surface area contributed by atoms with E-state index in [1.54, 1.807) is 18.2 Å². The number of hydrogen-bond acceptors (Lipinski definition) is 2. The second kappa shape index (κ2) is 6.26. The quantitative estimate of drug-likeness (QED) is 0.610. The van der Waals surface area contributed by atoms with Crippen molar-refractivity contribution in [1.82, 2.24) is 0 Å². The van der Waals surface area contributed by atoms with Gasteiger partial charge in [-0.3, -0.25) is 0 Å². The number of rotatable bonds is 3. The maximum absolute atomic E-state index is 12.4. The van der Waals surface area contributed by atoms with Crippen molar-refractivity contribution in [1.29, 1.82) is 0 Å². The van der Waals surface area contributed by atoms with Gasteiger partial charge in [0.15, 0.2) is 0 Å². The third-order valence-electron chi connectivity index (χ3n) is 3.60. The molecular formula is C18H14BrNO2S. The van der Waals surface area contributed by atoms with Crippen molar-refractivity contribution in [2.75, 3.05) is 0 Å². The van der Waals surface area contributed by atoms with Gasteiger partial charge in [0, 0.05) is 16.3 Å². The molecule has 0 heterocycles. The smallest absolute Gasteiger partial charge is 0.199 e. The van der Waals surface area contributed by atoms with E-state index >= 15 is 0 Å². The maximum atomic E-state index is 12.4. The Morgan fingerprint density at radius 2 is 1.78 bits per heavy atom. The predicted molar refractivity (Wildman–Crippen MR) is 97.6 cm³/mol. The minimum Gasteiger partial charge on any atom is -0.199 e. The summed E-state index contributed by atoms with van der Waals surface area (Å²) < 4.78 is 29.4. The molecule has 0 spiro atoms. The molecule has 0 N–H and O–H groups in total. The zero-order valence-corrected chi connectivity index (χ0v) is 14.8. The van der Waals surface area contributed by atoms with E-state index in [-0.39, 0.29) is 4.90 Å². The van der Waals surface area contributed by atoms with Gasteiger partial charge in [-0.1, -0.05) is 58.4 Å². The van der Waals surface area contributed by atoms with Crippen molar-refractivity contribution < 1.29 is 8.42 Å². The molecule has 3 aromatic rings. The first-order valence-corrected chi connectivity index (χ1v) is 9.25. The Hall–Kier alpha value is -1.98. The summed E-state index contributed by atoms with van der Waals surface area (Å²) in [5.41, 5.74) is 1.80. The number of sulfonamides is 1. The second-order valence-electron chi connectivity index (χ2n) is 5.18. The average Bonchev–Trinajstić information content (AvgIpc) is 2.54. The largest absolute Gasteiger partial charge is 0.282 e. The number of nitrogens with zero attached hydrogens (tertiary/aromatic N) is 1.